The molecule has 1 aliphatic rings. The van der Waals surface area contributed by atoms with Crippen LogP contribution >= 0.6 is 0 Å². The summed E-state index contributed by atoms with van der Waals surface area (Å²) in [7, 11) is 0. The number of likely N-dealkylation sites (tertiary alicyclic amines) is 1. The van der Waals surface area contributed by atoms with Crippen molar-refractivity contribution in [2.75, 3.05) is 19.6 Å². The van der Waals surface area contributed by atoms with Crippen molar-refractivity contribution in [3.63, 3.8) is 0 Å². The Labute approximate surface area is 126 Å². The lowest BCUT2D eigenvalue weighted by Gasteiger charge is -2.26. The number of carboxylic acids is 1. The van der Waals surface area contributed by atoms with Gasteiger partial charge in [0, 0.05) is 25.2 Å². The zero-order valence-corrected chi connectivity index (χ0v) is 12.3. The molecule has 1 aliphatic heterocycles. The summed E-state index contributed by atoms with van der Waals surface area (Å²) in [5, 5.41) is 11.7. The van der Waals surface area contributed by atoms with Crippen LogP contribution in [0.15, 0.2) is 24.3 Å². The van der Waals surface area contributed by atoms with Crippen molar-refractivity contribution >= 4 is 5.97 Å². The molecular formula is C15H19F3N2O2. The molecule has 2 N–H and O–H groups in total. The Bertz CT molecular complexity index is 548. The maximum atomic E-state index is 13.0. The minimum Gasteiger partial charge on any atom is -0.480 e. The van der Waals surface area contributed by atoms with Crippen molar-refractivity contribution in [2.45, 2.75) is 31.6 Å². The molecule has 0 radical (unpaired) electrons. The lowest BCUT2D eigenvalue weighted by Crippen LogP contribution is -2.46. The van der Waals surface area contributed by atoms with E-state index in [1.54, 1.807) is 6.07 Å². The Morgan fingerprint density at radius 1 is 1.41 bits per heavy atom. The molecule has 0 unspecified atom stereocenters. The second-order valence-electron chi connectivity index (χ2n) is 5.92. The molecule has 1 aromatic rings. The highest BCUT2D eigenvalue weighted by Gasteiger charge is 2.36. The Hall–Kier alpha value is -1.60. The van der Waals surface area contributed by atoms with Gasteiger partial charge in [0.05, 0.1) is 12.1 Å². The fraction of sp³-hybridized carbons (Fsp3) is 0.533. The van der Waals surface area contributed by atoms with Gasteiger partial charge in [-0.05, 0) is 25.0 Å². The third kappa shape index (κ3) is 4.20. The van der Waals surface area contributed by atoms with E-state index < -0.39 is 17.7 Å². The van der Waals surface area contributed by atoms with Crippen LogP contribution in [-0.2, 0) is 17.5 Å². The molecule has 0 bridgehead atoms. The highest BCUT2D eigenvalue weighted by atomic mass is 19.4. The van der Waals surface area contributed by atoms with Crippen LogP contribution in [0.2, 0.25) is 0 Å². The van der Waals surface area contributed by atoms with Crippen LogP contribution in [0.25, 0.3) is 0 Å². The molecule has 7 heteroatoms. The summed E-state index contributed by atoms with van der Waals surface area (Å²) < 4.78 is 39.0. The lowest BCUT2D eigenvalue weighted by molar-refractivity contribution is -0.138. The second kappa shape index (κ2) is 6.26. The number of hydrogen-bond donors (Lipinski definition) is 2. The number of nitrogens with one attached hydrogen (secondary N) is 1. The van der Waals surface area contributed by atoms with Gasteiger partial charge in [-0.2, -0.15) is 13.2 Å². The first-order valence-electron chi connectivity index (χ1n) is 7.04. The van der Waals surface area contributed by atoms with E-state index in [0.717, 1.165) is 6.07 Å². The summed E-state index contributed by atoms with van der Waals surface area (Å²) >= 11 is 0. The van der Waals surface area contributed by atoms with E-state index in [9.17, 15) is 18.0 Å². The second-order valence-corrected chi connectivity index (χ2v) is 5.92. The predicted molar refractivity (Wildman–Crippen MR) is 75.4 cm³/mol. The zero-order valence-electron chi connectivity index (χ0n) is 12.3. The van der Waals surface area contributed by atoms with Gasteiger partial charge in [-0.15, -0.1) is 0 Å². The van der Waals surface area contributed by atoms with Crippen LogP contribution in [0.5, 0.6) is 0 Å². The maximum Gasteiger partial charge on any atom is 0.416 e. The summed E-state index contributed by atoms with van der Waals surface area (Å²) in [5.74, 6) is -0.943. The third-order valence-corrected chi connectivity index (χ3v) is 3.94. The van der Waals surface area contributed by atoms with Crippen molar-refractivity contribution in [1.82, 2.24) is 10.2 Å². The van der Waals surface area contributed by atoms with Crippen LogP contribution in [-0.4, -0.2) is 41.1 Å². The standard InChI is InChI=1S/C15H19F3N2O2/c1-14(19-8-13(21)22)6-7-20(10-14)9-11-4-2-3-5-12(11)15(16,17)18/h2-5,19H,6-10H2,1H3,(H,21,22)/t14-/m0/s1. The first-order chi connectivity index (χ1) is 10.2. The predicted octanol–water partition coefficient (Wildman–Crippen LogP) is 2.34. The van der Waals surface area contributed by atoms with E-state index >= 15 is 0 Å². The summed E-state index contributed by atoms with van der Waals surface area (Å²) in [6.07, 6.45) is -3.66. The number of aliphatic carboxylic acids is 1. The molecule has 122 valence electrons. The molecule has 0 aliphatic carbocycles. The maximum absolute atomic E-state index is 13.0. The number of alkyl halides is 3. The van der Waals surface area contributed by atoms with Gasteiger partial charge >= 0.3 is 12.1 Å². The SMILES string of the molecule is C[C@]1(NCC(=O)O)CCN(Cc2ccccc2C(F)(F)F)C1. The minimum absolute atomic E-state index is 0.149. The Kier molecular flexibility index (Phi) is 4.77. The Morgan fingerprint density at radius 2 is 2.09 bits per heavy atom. The molecule has 0 aromatic heterocycles. The quantitative estimate of drug-likeness (QED) is 0.875. The van der Waals surface area contributed by atoms with Crippen LogP contribution in [0.1, 0.15) is 24.5 Å². The van der Waals surface area contributed by atoms with Gasteiger partial charge in [-0.3, -0.25) is 9.69 Å². The summed E-state index contributed by atoms with van der Waals surface area (Å²) in [5.41, 5.74) is -0.745. The molecular weight excluding hydrogens is 297 g/mol. The number of benzene rings is 1. The molecule has 0 saturated carbocycles. The number of rotatable bonds is 5. The number of halogens is 3. The van der Waals surface area contributed by atoms with E-state index in [1.165, 1.54) is 12.1 Å². The third-order valence-electron chi connectivity index (χ3n) is 3.94. The van der Waals surface area contributed by atoms with Gasteiger partial charge in [-0.1, -0.05) is 18.2 Å². The van der Waals surface area contributed by atoms with Gasteiger partial charge in [-0.25, -0.2) is 0 Å². The molecule has 4 nitrogen and oxygen atoms in total. The summed E-state index contributed by atoms with van der Waals surface area (Å²) in [6, 6.07) is 5.56. The number of carboxylic acid groups (broad SMARTS) is 1. The van der Waals surface area contributed by atoms with Crippen LogP contribution in [0.3, 0.4) is 0 Å². The molecule has 22 heavy (non-hydrogen) atoms. The average molecular weight is 316 g/mol. The number of hydrogen-bond acceptors (Lipinski definition) is 3. The van der Waals surface area contributed by atoms with Gasteiger partial charge in [0.1, 0.15) is 0 Å². The molecule has 1 saturated heterocycles. The van der Waals surface area contributed by atoms with Crippen LogP contribution in [0, 0.1) is 0 Å². The monoisotopic (exact) mass is 316 g/mol. The van der Waals surface area contributed by atoms with E-state index in [4.69, 9.17) is 5.11 Å². The van der Waals surface area contributed by atoms with Gasteiger partial charge in [0.15, 0.2) is 0 Å². The van der Waals surface area contributed by atoms with Gasteiger partial charge in [0.25, 0.3) is 0 Å². The Balaban J connectivity index is 2.03. The van der Waals surface area contributed by atoms with Gasteiger partial charge in [0.2, 0.25) is 0 Å². The molecule has 2 rings (SSSR count). The summed E-state index contributed by atoms with van der Waals surface area (Å²) in [4.78, 5) is 12.5. The largest absolute Gasteiger partial charge is 0.480 e. The minimum atomic E-state index is -4.36. The first-order valence-corrected chi connectivity index (χ1v) is 7.04. The average Bonchev–Trinajstić information content (AvgIpc) is 2.78. The van der Waals surface area contributed by atoms with Gasteiger partial charge < -0.3 is 10.4 Å². The first kappa shape index (κ1) is 16.8. The topological polar surface area (TPSA) is 52.6 Å². The lowest BCUT2D eigenvalue weighted by atomic mass is 10.0. The molecule has 0 spiro atoms. The summed E-state index contributed by atoms with van der Waals surface area (Å²) in [6.45, 7) is 3.11. The fourth-order valence-corrected chi connectivity index (χ4v) is 2.80. The van der Waals surface area contributed by atoms with Crippen molar-refractivity contribution < 1.29 is 23.1 Å². The fourth-order valence-electron chi connectivity index (χ4n) is 2.80. The van der Waals surface area contributed by atoms with Crippen molar-refractivity contribution in [3.8, 4) is 0 Å². The molecule has 1 fully saturated rings. The molecule has 1 heterocycles. The van der Waals surface area contributed by atoms with E-state index in [-0.39, 0.29) is 24.2 Å². The highest BCUT2D eigenvalue weighted by molar-refractivity contribution is 5.69. The smallest absolute Gasteiger partial charge is 0.416 e. The number of carbonyl (C=O) groups is 1. The van der Waals surface area contributed by atoms with Crippen LogP contribution in [0.4, 0.5) is 13.2 Å². The molecule has 1 aromatic carbocycles. The highest BCUT2D eigenvalue weighted by Crippen LogP contribution is 2.33. The number of nitrogens with zero attached hydrogens (tertiary/aromatic N) is 1. The molecule has 1 atom stereocenters. The molecule has 0 amide bonds. The Morgan fingerprint density at radius 3 is 2.73 bits per heavy atom. The van der Waals surface area contributed by atoms with Crippen molar-refractivity contribution in [3.05, 3.63) is 35.4 Å². The van der Waals surface area contributed by atoms with Crippen molar-refractivity contribution in [2.24, 2.45) is 0 Å². The zero-order chi connectivity index (χ0) is 16.4. The normalized spacial score (nSPS) is 22.9. The van der Waals surface area contributed by atoms with E-state index in [0.29, 0.717) is 19.5 Å². The van der Waals surface area contributed by atoms with E-state index in [2.05, 4.69) is 5.32 Å². The van der Waals surface area contributed by atoms with Crippen molar-refractivity contribution in [1.29, 1.82) is 0 Å². The van der Waals surface area contributed by atoms with Crippen LogP contribution < -0.4 is 5.32 Å². The van der Waals surface area contributed by atoms with E-state index in [1.807, 2.05) is 11.8 Å².